The number of carbonyl (C=O) groups excluding carboxylic acids is 3. The van der Waals surface area contributed by atoms with Crippen molar-refractivity contribution >= 4 is 40.8 Å². The van der Waals surface area contributed by atoms with Crippen LogP contribution in [-0.4, -0.2) is 65.3 Å². The Morgan fingerprint density at radius 3 is 2.36 bits per heavy atom. The molecule has 0 aliphatic carbocycles. The second kappa shape index (κ2) is 8.70. The van der Waals surface area contributed by atoms with Gasteiger partial charge in [-0.2, -0.15) is 0 Å². The highest BCUT2D eigenvalue weighted by atomic mass is 35.5. The lowest BCUT2D eigenvalue weighted by molar-refractivity contribution is -0.384. The standard InChI is InChI=1S/C22H22ClN5O5/c1-22(15-6-8-16(23)9-7-15)20(30)27(21(31)24-22)14-19(29)26-12-10-25(11-13-26)17-4-2-3-5-18(17)28(32)33/h2-9H,10-14H2,1H3,(H,24,31). The Bertz CT molecular complexity index is 1120. The van der Waals surface area contributed by atoms with Crippen LogP contribution in [0.5, 0.6) is 0 Å². The highest BCUT2D eigenvalue weighted by Gasteiger charge is 2.49. The lowest BCUT2D eigenvalue weighted by atomic mass is 9.92. The molecule has 1 N–H and O–H groups in total. The molecule has 2 fully saturated rings. The van der Waals surface area contributed by atoms with Gasteiger partial charge in [-0.15, -0.1) is 0 Å². The van der Waals surface area contributed by atoms with Crippen LogP contribution in [0.15, 0.2) is 48.5 Å². The average molecular weight is 472 g/mol. The lowest BCUT2D eigenvalue weighted by Crippen LogP contribution is -2.52. The molecule has 2 saturated heterocycles. The van der Waals surface area contributed by atoms with Gasteiger partial charge in [0.15, 0.2) is 0 Å². The number of halogens is 1. The molecule has 1 unspecified atom stereocenters. The monoisotopic (exact) mass is 471 g/mol. The van der Waals surface area contributed by atoms with Crippen molar-refractivity contribution in [1.29, 1.82) is 0 Å². The third-order valence-electron chi connectivity index (χ3n) is 6.04. The number of amides is 4. The maximum atomic E-state index is 13.0. The summed E-state index contributed by atoms with van der Waals surface area (Å²) in [5.74, 6) is -0.872. The van der Waals surface area contributed by atoms with Gasteiger partial charge in [-0.25, -0.2) is 4.79 Å². The van der Waals surface area contributed by atoms with Crippen LogP contribution in [0.4, 0.5) is 16.2 Å². The minimum Gasteiger partial charge on any atom is -0.362 e. The summed E-state index contributed by atoms with van der Waals surface area (Å²) >= 11 is 5.92. The van der Waals surface area contributed by atoms with Crippen molar-refractivity contribution in [2.24, 2.45) is 0 Å². The van der Waals surface area contributed by atoms with Crippen molar-refractivity contribution in [2.45, 2.75) is 12.5 Å². The van der Waals surface area contributed by atoms with E-state index in [1.807, 2.05) is 4.90 Å². The maximum Gasteiger partial charge on any atom is 0.325 e. The number of para-hydroxylation sites is 2. The fourth-order valence-corrected chi connectivity index (χ4v) is 4.26. The number of urea groups is 1. The highest BCUT2D eigenvalue weighted by Crippen LogP contribution is 2.30. The van der Waals surface area contributed by atoms with E-state index in [-0.39, 0.29) is 18.1 Å². The summed E-state index contributed by atoms with van der Waals surface area (Å²) in [6, 6.07) is 12.4. The number of hydrogen-bond acceptors (Lipinski definition) is 6. The van der Waals surface area contributed by atoms with Gasteiger partial charge in [0, 0.05) is 37.3 Å². The molecule has 2 aromatic carbocycles. The van der Waals surface area contributed by atoms with Gasteiger partial charge >= 0.3 is 6.03 Å². The molecule has 1 atom stereocenters. The molecule has 2 aliphatic rings. The molecule has 2 aliphatic heterocycles. The van der Waals surface area contributed by atoms with Crippen molar-refractivity contribution in [1.82, 2.24) is 15.1 Å². The van der Waals surface area contributed by atoms with Crippen LogP contribution in [0.25, 0.3) is 0 Å². The van der Waals surface area contributed by atoms with Gasteiger partial charge in [-0.3, -0.25) is 24.6 Å². The smallest absolute Gasteiger partial charge is 0.325 e. The Morgan fingerprint density at radius 2 is 1.73 bits per heavy atom. The van der Waals surface area contributed by atoms with E-state index in [2.05, 4.69) is 5.32 Å². The number of nitro groups is 1. The molecule has 0 spiro atoms. The van der Waals surface area contributed by atoms with Crippen molar-refractivity contribution < 1.29 is 19.3 Å². The molecule has 33 heavy (non-hydrogen) atoms. The van der Waals surface area contributed by atoms with Crippen molar-refractivity contribution in [3.8, 4) is 0 Å². The van der Waals surface area contributed by atoms with Gasteiger partial charge in [-0.05, 0) is 30.7 Å². The van der Waals surface area contributed by atoms with E-state index < -0.39 is 22.4 Å². The van der Waals surface area contributed by atoms with Crippen LogP contribution in [0.2, 0.25) is 5.02 Å². The van der Waals surface area contributed by atoms with Crippen molar-refractivity contribution in [3.05, 3.63) is 69.2 Å². The van der Waals surface area contributed by atoms with Crippen LogP contribution in [0.1, 0.15) is 12.5 Å². The number of anilines is 1. The molecule has 2 heterocycles. The van der Waals surface area contributed by atoms with E-state index in [1.165, 1.54) is 6.07 Å². The number of rotatable bonds is 5. The molecular formula is C22H22ClN5O5. The number of nitro benzene ring substituents is 1. The van der Waals surface area contributed by atoms with Crippen LogP contribution < -0.4 is 10.2 Å². The normalized spacial score (nSPS) is 20.7. The molecule has 172 valence electrons. The second-order valence-corrected chi connectivity index (χ2v) is 8.50. The third-order valence-corrected chi connectivity index (χ3v) is 6.29. The van der Waals surface area contributed by atoms with Crippen molar-refractivity contribution in [3.63, 3.8) is 0 Å². The number of nitrogens with one attached hydrogen (secondary N) is 1. The Kier molecular flexibility index (Phi) is 5.94. The van der Waals surface area contributed by atoms with Gasteiger partial charge in [0.25, 0.3) is 11.6 Å². The fourth-order valence-electron chi connectivity index (χ4n) is 4.14. The highest BCUT2D eigenvalue weighted by molar-refractivity contribution is 6.30. The van der Waals surface area contributed by atoms with E-state index in [4.69, 9.17) is 11.6 Å². The summed E-state index contributed by atoms with van der Waals surface area (Å²) in [4.78, 5) is 53.6. The van der Waals surface area contributed by atoms with Gasteiger partial charge in [-0.1, -0.05) is 35.9 Å². The van der Waals surface area contributed by atoms with Gasteiger partial charge in [0.1, 0.15) is 17.8 Å². The molecule has 0 bridgehead atoms. The predicted octanol–water partition coefficient (Wildman–Crippen LogP) is 2.36. The molecule has 4 amide bonds. The van der Waals surface area contributed by atoms with Crippen LogP contribution in [0, 0.1) is 10.1 Å². The molecule has 0 radical (unpaired) electrons. The Hall–Kier alpha value is -3.66. The molecule has 0 aromatic heterocycles. The number of piperazine rings is 1. The molecular weight excluding hydrogens is 450 g/mol. The Balaban J connectivity index is 1.40. The first-order chi connectivity index (χ1) is 15.7. The largest absolute Gasteiger partial charge is 0.362 e. The quantitative estimate of drug-likeness (QED) is 0.406. The molecule has 10 nitrogen and oxygen atoms in total. The molecule has 0 saturated carbocycles. The predicted molar refractivity (Wildman–Crippen MR) is 121 cm³/mol. The topological polar surface area (TPSA) is 116 Å². The summed E-state index contributed by atoms with van der Waals surface area (Å²) in [7, 11) is 0. The summed E-state index contributed by atoms with van der Waals surface area (Å²) in [5, 5.41) is 14.5. The number of benzene rings is 2. The lowest BCUT2D eigenvalue weighted by Gasteiger charge is -2.36. The molecule has 2 aromatic rings. The third kappa shape index (κ3) is 4.21. The zero-order valence-corrected chi connectivity index (χ0v) is 18.6. The van der Waals surface area contributed by atoms with E-state index in [9.17, 15) is 24.5 Å². The summed E-state index contributed by atoms with van der Waals surface area (Å²) < 4.78 is 0. The zero-order valence-electron chi connectivity index (χ0n) is 17.9. The average Bonchev–Trinajstić information content (AvgIpc) is 3.03. The second-order valence-electron chi connectivity index (χ2n) is 8.07. The molecule has 4 rings (SSSR count). The zero-order chi connectivity index (χ0) is 23.8. The van der Waals surface area contributed by atoms with E-state index in [0.29, 0.717) is 42.5 Å². The van der Waals surface area contributed by atoms with Crippen LogP contribution in [0.3, 0.4) is 0 Å². The minimum atomic E-state index is -1.28. The van der Waals surface area contributed by atoms with Gasteiger partial charge in [0.2, 0.25) is 5.91 Å². The first kappa shape index (κ1) is 22.5. The van der Waals surface area contributed by atoms with E-state index in [0.717, 1.165) is 4.90 Å². The van der Waals surface area contributed by atoms with Crippen molar-refractivity contribution in [2.75, 3.05) is 37.6 Å². The van der Waals surface area contributed by atoms with Crippen LogP contribution in [-0.2, 0) is 15.1 Å². The van der Waals surface area contributed by atoms with Gasteiger partial charge < -0.3 is 15.1 Å². The maximum absolute atomic E-state index is 13.0. The van der Waals surface area contributed by atoms with E-state index in [1.54, 1.807) is 54.3 Å². The number of carbonyl (C=O) groups is 3. The van der Waals surface area contributed by atoms with Gasteiger partial charge in [0.05, 0.1) is 4.92 Å². The summed E-state index contributed by atoms with van der Waals surface area (Å²) in [5.41, 5.74) is -0.203. The Morgan fingerprint density at radius 1 is 1.09 bits per heavy atom. The summed E-state index contributed by atoms with van der Waals surface area (Å²) in [6.45, 7) is 2.66. The number of nitrogens with zero attached hydrogens (tertiary/aromatic N) is 4. The first-order valence-electron chi connectivity index (χ1n) is 10.4. The summed E-state index contributed by atoms with van der Waals surface area (Å²) in [6.07, 6.45) is 0. The number of imide groups is 1. The minimum absolute atomic E-state index is 0.0121. The Labute approximate surface area is 194 Å². The van der Waals surface area contributed by atoms with E-state index >= 15 is 0 Å². The fraction of sp³-hybridized carbons (Fsp3) is 0.318. The molecule has 11 heteroatoms. The SMILES string of the molecule is CC1(c2ccc(Cl)cc2)NC(=O)N(CC(=O)N2CCN(c3ccccc3[N+](=O)[O-])CC2)C1=O. The number of hydrogen-bond donors (Lipinski definition) is 1. The first-order valence-corrected chi connectivity index (χ1v) is 10.7. The van der Waals surface area contributed by atoms with Crippen LogP contribution >= 0.6 is 11.6 Å².